The number of amides is 4. The predicted octanol–water partition coefficient (Wildman–Crippen LogP) is 8.96. The zero-order chi connectivity index (χ0) is 46.5. The van der Waals surface area contributed by atoms with Gasteiger partial charge in [-0.15, -0.1) is 0 Å². The number of aromatic amines is 2. The highest BCUT2D eigenvalue weighted by molar-refractivity contribution is 5.88. The molecule has 4 atom stereocenters. The topological polar surface area (TPSA) is 175 Å². The van der Waals surface area contributed by atoms with Gasteiger partial charge in [0.1, 0.15) is 23.7 Å². The fourth-order valence-corrected chi connectivity index (χ4v) is 9.28. The third kappa shape index (κ3) is 8.15. The predicted molar refractivity (Wildman–Crippen MR) is 233 cm³/mol. The van der Waals surface area contributed by atoms with Crippen LogP contribution in [0.4, 0.5) is 27.2 Å². The van der Waals surface area contributed by atoms with Crippen LogP contribution in [-0.2, 0) is 30.9 Å². The Hall–Kier alpha value is -6.46. The smallest absolute Gasteiger partial charge is 0.407 e. The number of nitrogens with one attached hydrogen (secondary N) is 4. The van der Waals surface area contributed by atoms with Crippen molar-refractivity contribution in [3.8, 4) is 33.5 Å². The van der Waals surface area contributed by atoms with Gasteiger partial charge in [-0.3, -0.25) is 9.59 Å². The van der Waals surface area contributed by atoms with Crippen LogP contribution in [0.25, 0.3) is 44.5 Å². The number of rotatable bonds is 11. The highest BCUT2D eigenvalue weighted by atomic mass is 19.3. The number of imidazole rings is 2. The van der Waals surface area contributed by atoms with Crippen LogP contribution in [0.2, 0.25) is 0 Å². The Kier molecular flexibility index (Phi) is 12.1. The summed E-state index contributed by atoms with van der Waals surface area (Å²) in [4.78, 5) is 70.6. The molecule has 2 aromatic heterocycles. The van der Waals surface area contributed by atoms with E-state index in [1.54, 1.807) is 60.9 Å². The van der Waals surface area contributed by atoms with Crippen LogP contribution < -0.4 is 10.6 Å². The molecule has 4 N–H and O–H groups in total. The van der Waals surface area contributed by atoms with Crippen molar-refractivity contribution in [2.45, 2.75) is 96.3 Å². The summed E-state index contributed by atoms with van der Waals surface area (Å²) in [5.41, 5.74) is 0.737. The Labute approximate surface area is 372 Å². The first kappa shape index (κ1) is 45.1. The quantitative estimate of drug-likeness (QED) is 0.0951. The SMILES string of the molecule is CCOC(=O)N[C@H](C(=O)N1CCC[C@H]1c1nc2cc(-c3ccc4c(c3)C(F)(F)C(F)(F)c3cc(-c5cnc([C@@H]6CCCN6C(=O)C(NC(=O)OC)C(C)C)[nH]5)ccc3-4)ccc2[nH]1)C(C)C. The van der Waals surface area contributed by atoms with Gasteiger partial charge in [0.25, 0.3) is 0 Å². The third-order valence-corrected chi connectivity index (χ3v) is 12.7. The summed E-state index contributed by atoms with van der Waals surface area (Å²) in [5, 5.41) is 5.28. The summed E-state index contributed by atoms with van der Waals surface area (Å²) in [6, 6.07) is 10.8. The molecule has 5 aromatic rings. The Morgan fingerprint density at radius 2 is 1.26 bits per heavy atom. The number of fused-ring (bicyclic) bond motifs is 4. The first-order valence-corrected chi connectivity index (χ1v) is 21.9. The number of H-pyrrole nitrogens is 2. The first-order valence-electron chi connectivity index (χ1n) is 21.9. The number of ether oxygens (including phenoxy) is 2. The van der Waals surface area contributed by atoms with Gasteiger partial charge in [0.2, 0.25) is 11.8 Å². The molecule has 0 saturated carbocycles. The van der Waals surface area contributed by atoms with Gasteiger partial charge in [0.05, 0.1) is 48.7 Å². The van der Waals surface area contributed by atoms with Crippen molar-refractivity contribution in [1.29, 1.82) is 0 Å². The maximum absolute atomic E-state index is 16.3. The molecule has 2 fully saturated rings. The minimum atomic E-state index is -4.59. The van der Waals surface area contributed by atoms with Gasteiger partial charge in [-0.1, -0.05) is 58.0 Å². The lowest BCUT2D eigenvalue weighted by molar-refractivity contribution is -0.225. The number of carbonyl (C=O) groups is 4. The molecule has 0 radical (unpaired) electrons. The van der Waals surface area contributed by atoms with Gasteiger partial charge < -0.3 is 39.9 Å². The van der Waals surface area contributed by atoms with Crippen molar-refractivity contribution in [1.82, 2.24) is 40.4 Å². The lowest BCUT2D eigenvalue weighted by Gasteiger charge is -2.35. The fourth-order valence-electron chi connectivity index (χ4n) is 9.28. The number of halogens is 4. The summed E-state index contributed by atoms with van der Waals surface area (Å²) in [5.74, 6) is -9.28. The summed E-state index contributed by atoms with van der Waals surface area (Å²) in [6.45, 7) is 9.99. The Morgan fingerprint density at radius 3 is 1.83 bits per heavy atom. The van der Waals surface area contributed by atoms with Crippen LogP contribution in [0.5, 0.6) is 0 Å². The summed E-state index contributed by atoms with van der Waals surface area (Å²) < 4.78 is 74.7. The molecule has 3 aliphatic rings. The van der Waals surface area contributed by atoms with Gasteiger partial charge in [-0.2, -0.15) is 17.6 Å². The van der Waals surface area contributed by atoms with Crippen molar-refractivity contribution < 1.29 is 46.2 Å². The second kappa shape index (κ2) is 17.5. The second-order valence-electron chi connectivity index (χ2n) is 17.5. The molecule has 1 unspecified atom stereocenters. The minimum Gasteiger partial charge on any atom is -0.453 e. The van der Waals surface area contributed by atoms with E-state index in [1.165, 1.54) is 25.4 Å². The van der Waals surface area contributed by atoms with E-state index in [0.29, 0.717) is 78.3 Å². The lowest BCUT2D eigenvalue weighted by atomic mass is 9.78. The van der Waals surface area contributed by atoms with Crippen molar-refractivity contribution in [2.75, 3.05) is 26.8 Å². The number of likely N-dealkylation sites (tertiary alicyclic amines) is 2. The number of aromatic nitrogens is 4. The Balaban J connectivity index is 1.05. The molecule has 14 nitrogen and oxygen atoms in total. The molecule has 0 spiro atoms. The summed E-state index contributed by atoms with van der Waals surface area (Å²) in [6.07, 6.45) is 2.59. The van der Waals surface area contributed by atoms with E-state index in [2.05, 4.69) is 25.6 Å². The molecule has 3 aromatic carbocycles. The average Bonchev–Trinajstić information content (AvgIpc) is 4.12. The molecule has 18 heteroatoms. The van der Waals surface area contributed by atoms with Crippen molar-refractivity contribution in [3.05, 3.63) is 83.6 Å². The van der Waals surface area contributed by atoms with Gasteiger partial charge in [0, 0.05) is 29.8 Å². The molecular formula is C47H52F4N8O6. The molecule has 1 aliphatic carbocycles. The van der Waals surface area contributed by atoms with Crippen LogP contribution in [-0.4, -0.2) is 92.6 Å². The van der Waals surface area contributed by atoms with E-state index in [-0.39, 0.29) is 46.9 Å². The molecule has 2 aliphatic heterocycles. The lowest BCUT2D eigenvalue weighted by Crippen LogP contribution is -2.51. The van der Waals surface area contributed by atoms with E-state index in [4.69, 9.17) is 14.5 Å². The Morgan fingerprint density at radius 1 is 0.738 bits per heavy atom. The summed E-state index contributed by atoms with van der Waals surface area (Å²) in [7, 11) is 1.21. The number of nitrogens with zero attached hydrogens (tertiary/aromatic N) is 4. The highest BCUT2D eigenvalue weighted by Crippen LogP contribution is 2.59. The summed E-state index contributed by atoms with van der Waals surface area (Å²) >= 11 is 0. The Bertz CT molecular complexity index is 2650. The van der Waals surface area contributed by atoms with Crippen LogP contribution in [0.15, 0.2) is 60.8 Å². The monoisotopic (exact) mass is 900 g/mol. The zero-order valence-corrected chi connectivity index (χ0v) is 36.9. The van der Waals surface area contributed by atoms with Gasteiger partial charge in [-0.25, -0.2) is 19.6 Å². The van der Waals surface area contributed by atoms with Crippen molar-refractivity contribution in [3.63, 3.8) is 0 Å². The van der Waals surface area contributed by atoms with Gasteiger partial charge in [-0.05, 0) is 91.0 Å². The third-order valence-electron chi connectivity index (χ3n) is 12.7. The highest BCUT2D eigenvalue weighted by Gasteiger charge is 2.63. The number of methoxy groups -OCH3 is 1. The molecular weight excluding hydrogens is 849 g/mol. The number of carbonyl (C=O) groups excluding carboxylic acids is 4. The molecule has 0 bridgehead atoms. The number of hydrogen-bond acceptors (Lipinski definition) is 8. The number of benzene rings is 3. The zero-order valence-electron chi connectivity index (χ0n) is 36.9. The van der Waals surface area contributed by atoms with E-state index in [0.717, 1.165) is 12.1 Å². The minimum absolute atomic E-state index is 0.0248. The fraction of sp³-hybridized carbons (Fsp3) is 0.447. The van der Waals surface area contributed by atoms with Gasteiger partial charge >= 0.3 is 24.0 Å². The maximum atomic E-state index is 16.3. The number of alkyl halides is 4. The standard InChI is InChI=1S/C47H52F4N8O6/c1-7-65-45(63)57-39(25(4)5)43(61)59-19-9-11-37(59)41-53-33-17-14-27(22-34(33)54-41)26-12-15-29-30-16-13-28(21-32(30)47(50,51)46(48,49)31(29)20-26)35-23-52-40(55-35)36-10-8-18-58(36)42(60)38(24(2)3)56-44(62)64-6/h12-17,20-25,36-39H,7-11,18-19H2,1-6H3,(H,52,55)(H,53,54)(H,56,62)(H,57,63)/t36-,37-,38?,39-/m0/s1. The van der Waals surface area contributed by atoms with Gasteiger partial charge in [0.15, 0.2) is 0 Å². The molecule has 4 amide bonds. The van der Waals surface area contributed by atoms with Crippen LogP contribution in [0, 0.1) is 11.8 Å². The van der Waals surface area contributed by atoms with E-state index < -0.39 is 59.3 Å². The van der Waals surface area contributed by atoms with Crippen LogP contribution in [0.3, 0.4) is 0 Å². The maximum Gasteiger partial charge on any atom is 0.407 e. The second-order valence-corrected chi connectivity index (χ2v) is 17.5. The molecule has 8 rings (SSSR count). The largest absolute Gasteiger partial charge is 0.453 e. The molecule has 65 heavy (non-hydrogen) atoms. The average molecular weight is 901 g/mol. The van der Waals surface area contributed by atoms with Crippen molar-refractivity contribution >= 4 is 35.0 Å². The molecule has 2 saturated heterocycles. The molecule has 4 heterocycles. The van der Waals surface area contributed by atoms with E-state index >= 15 is 17.6 Å². The number of hydrogen-bond donors (Lipinski definition) is 4. The van der Waals surface area contributed by atoms with E-state index in [1.807, 2.05) is 13.8 Å². The number of alkyl carbamates (subject to hydrolysis) is 2. The normalized spacial score (nSPS) is 19.5. The molecule has 344 valence electrons. The van der Waals surface area contributed by atoms with Crippen molar-refractivity contribution in [2.24, 2.45) is 11.8 Å². The first-order chi connectivity index (χ1) is 30.9. The van der Waals surface area contributed by atoms with Crippen LogP contribution >= 0.6 is 0 Å². The van der Waals surface area contributed by atoms with Crippen LogP contribution in [0.1, 0.15) is 95.2 Å². The van der Waals surface area contributed by atoms with E-state index in [9.17, 15) is 19.2 Å².